The molecule has 0 fully saturated rings. The van der Waals surface area contributed by atoms with Crippen LogP contribution in [0.5, 0.6) is 0 Å². The molecule has 0 atom stereocenters. The second kappa shape index (κ2) is 7.95. The predicted molar refractivity (Wildman–Crippen MR) is 79.5 cm³/mol. The topological polar surface area (TPSA) is 84.1 Å². The highest BCUT2D eigenvalue weighted by Crippen LogP contribution is 2.30. The number of alkyl halides is 3. The molecule has 0 aliphatic heterocycles. The van der Waals surface area contributed by atoms with Crippen LogP contribution in [-0.2, 0) is 22.1 Å². The highest BCUT2D eigenvalue weighted by molar-refractivity contribution is 7.12. The summed E-state index contributed by atoms with van der Waals surface area (Å²) in [6.45, 7) is -0.102. The minimum Gasteiger partial charge on any atom is -0.465 e. The molecule has 2 heterocycles. The van der Waals surface area contributed by atoms with E-state index in [1.807, 2.05) is 5.10 Å². The van der Waals surface area contributed by atoms with Crippen LogP contribution >= 0.6 is 11.3 Å². The number of esters is 1. The van der Waals surface area contributed by atoms with E-state index in [1.165, 1.54) is 11.3 Å². The van der Waals surface area contributed by atoms with E-state index >= 15 is 0 Å². The van der Waals surface area contributed by atoms with E-state index in [0.717, 1.165) is 6.20 Å². The van der Waals surface area contributed by atoms with Gasteiger partial charge in [-0.3, -0.25) is 14.7 Å². The number of nitrogens with zero attached hydrogens (tertiary/aromatic N) is 1. The molecule has 130 valence electrons. The van der Waals surface area contributed by atoms with E-state index in [0.29, 0.717) is 4.88 Å². The van der Waals surface area contributed by atoms with Gasteiger partial charge in [0, 0.05) is 18.5 Å². The lowest BCUT2D eigenvalue weighted by molar-refractivity contribution is -0.143. The number of ether oxygens (including phenoxy) is 1. The lowest BCUT2D eigenvalue weighted by Gasteiger charge is -2.08. The maximum absolute atomic E-state index is 12.6. The molecule has 2 aromatic heterocycles. The van der Waals surface area contributed by atoms with Crippen LogP contribution in [-0.4, -0.2) is 35.2 Å². The third kappa shape index (κ3) is 5.08. The zero-order valence-electron chi connectivity index (χ0n) is 12.4. The van der Waals surface area contributed by atoms with Crippen molar-refractivity contribution < 1.29 is 27.5 Å². The number of aromatic amines is 1. The van der Waals surface area contributed by atoms with E-state index in [2.05, 4.69) is 10.4 Å². The summed E-state index contributed by atoms with van der Waals surface area (Å²) < 4.78 is 42.7. The summed E-state index contributed by atoms with van der Waals surface area (Å²) in [6.07, 6.45) is -3.63. The van der Waals surface area contributed by atoms with Gasteiger partial charge in [-0.25, -0.2) is 0 Å². The van der Waals surface area contributed by atoms with Crippen LogP contribution in [0, 0.1) is 0 Å². The Morgan fingerprint density at radius 1 is 1.38 bits per heavy atom. The Morgan fingerprint density at radius 3 is 2.83 bits per heavy atom. The molecule has 0 aliphatic rings. The molecule has 2 rings (SSSR count). The molecule has 1 amide bonds. The van der Waals surface area contributed by atoms with Gasteiger partial charge in [0.15, 0.2) is 0 Å². The number of nitrogens with one attached hydrogen (secondary N) is 2. The molecule has 0 saturated heterocycles. The van der Waals surface area contributed by atoms with Crippen LogP contribution in [0.4, 0.5) is 13.2 Å². The van der Waals surface area contributed by atoms with Gasteiger partial charge in [0.05, 0.1) is 24.1 Å². The number of hydrogen-bond donors (Lipinski definition) is 2. The summed E-state index contributed by atoms with van der Waals surface area (Å²) >= 11 is 1.28. The first-order chi connectivity index (χ1) is 11.4. The molecule has 2 N–H and O–H groups in total. The van der Waals surface area contributed by atoms with Crippen molar-refractivity contribution in [2.75, 3.05) is 13.2 Å². The number of thiophene rings is 1. The second-order valence-corrected chi connectivity index (χ2v) is 5.67. The van der Waals surface area contributed by atoms with Crippen LogP contribution in [0.15, 0.2) is 23.7 Å². The molecule has 0 aromatic carbocycles. The van der Waals surface area contributed by atoms with Gasteiger partial charge in [0.2, 0.25) is 0 Å². The van der Waals surface area contributed by atoms with Gasteiger partial charge < -0.3 is 10.1 Å². The fraction of sp³-hybridized carbons (Fsp3) is 0.357. The lowest BCUT2D eigenvalue weighted by Crippen LogP contribution is -2.26. The van der Waals surface area contributed by atoms with E-state index in [9.17, 15) is 22.8 Å². The Labute approximate surface area is 139 Å². The number of amides is 1. The molecular formula is C14H14F3N3O3S. The standard InChI is InChI=1S/C14H14F3N3O3S/c15-14(16,17)12-9(8-19-20-12)4-6-23-11(21)3-5-18-13(22)10-2-1-7-24-10/h1-2,7-8H,3-6H2,(H,18,22)(H,19,20). The fourth-order valence-electron chi connectivity index (χ4n) is 1.87. The van der Waals surface area contributed by atoms with Crippen LogP contribution in [0.2, 0.25) is 0 Å². The second-order valence-electron chi connectivity index (χ2n) is 4.72. The predicted octanol–water partition coefficient (Wildman–Crippen LogP) is 2.40. The van der Waals surface area contributed by atoms with Gasteiger partial charge in [-0.1, -0.05) is 6.07 Å². The van der Waals surface area contributed by atoms with Crippen molar-refractivity contribution in [2.24, 2.45) is 0 Å². The van der Waals surface area contributed by atoms with Crippen molar-refractivity contribution in [2.45, 2.75) is 19.0 Å². The van der Waals surface area contributed by atoms with E-state index in [4.69, 9.17) is 4.74 Å². The molecular weight excluding hydrogens is 347 g/mol. The Morgan fingerprint density at radius 2 is 2.17 bits per heavy atom. The van der Waals surface area contributed by atoms with Crippen LogP contribution in [0.1, 0.15) is 27.3 Å². The SMILES string of the molecule is O=C(CCNC(=O)c1cccs1)OCCc1cn[nH]c1C(F)(F)F. The number of carbonyl (C=O) groups excluding carboxylic acids is 2. The van der Waals surface area contributed by atoms with Crippen molar-refractivity contribution in [3.05, 3.63) is 39.8 Å². The Kier molecular flexibility index (Phi) is 5.96. The monoisotopic (exact) mass is 361 g/mol. The maximum Gasteiger partial charge on any atom is 0.433 e. The largest absolute Gasteiger partial charge is 0.465 e. The average Bonchev–Trinajstić information content (AvgIpc) is 3.18. The lowest BCUT2D eigenvalue weighted by atomic mass is 10.2. The Hall–Kier alpha value is -2.36. The molecule has 0 radical (unpaired) electrons. The van der Waals surface area contributed by atoms with Gasteiger partial charge >= 0.3 is 12.1 Å². The van der Waals surface area contributed by atoms with E-state index in [-0.39, 0.29) is 37.5 Å². The summed E-state index contributed by atoms with van der Waals surface area (Å²) in [5.74, 6) is -0.885. The average molecular weight is 361 g/mol. The summed E-state index contributed by atoms with van der Waals surface area (Å²) in [5, 5.41) is 9.54. The van der Waals surface area contributed by atoms with E-state index in [1.54, 1.807) is 17.5 Å². The number of carbonyl (C=O) groups is 2. The molecule has 6 nitrogen and oxygen atoms in total. The summed E-state index contributed by atoms with van der Waals surface area (Å²) in [7, 11) is 0. The van der Waals surface area contributed by atoms with Gasteiger partial charge in [0.1, 0.15) is 5.69 Å². The maximum atomic E-state index is 12.6. The molecule has 2 aromatic rings. The van der Waals surface area contributed by atoms with E-state index < -0.39 is 17.8 Å². The molecule has 0 aliphatic carbocycles. The zero-order chi connectivity index (χ0) is 17.6. The van der Waals surface area contributed by atoms with Crippen molar-refractivity contribution in [1.82, 2.24) is 15.5 Å². The smallest absolute Gasteiger partial charge is 0.433 e. The number of rotatable bonds is 7. The minimum absolute atomic E-state index is 0.0609. The van der Waals surface area contributed by atoms with Crippen molar-refractivity contribution in [3.63, 3.8) is 0 Å². The first-order valence-electron chi connectivity index (χ1n) is 6.94. The van der Waals surface area contributed by atoms with Crippen LogP contribution in [0.25, 0.3) is 0 Å². The molecule has 0 spiro atoms. The van der Waals surface area contributed by atoms with Crippen LogP contribution < -0.4 is 5.32 Å². The van der Waals surface area contributed by atoms with Crippen molar-refractivity contribution >= 4 is 23.2 Å². The number of H-pyrrole nitrogens is 1. The Balaban J connectivity index is 1.67. The van der Waals surface area contributed by atoms with Crippen LogP contribution in [0.3, 0.4) is 0 Å². The molecule has 0 bridgehead atoms. The summed E-state index contributed by atoms with van der Waals surface area (Å²) in [5.41, 5.74) is -1.01. The molecule has 0 unspecified atom stereocenters. The zero-order valence-corrected chi connectivity index (χ0v) is 13.2. The number of halogens is 3. The van der Waals surface area contributed by atoms with Gasteiger partial charge in [-0.15, -0.1) is 11.3 Å². The quantitative estimate of drug-likeness (QED) is 0.742. The van der Waals surface area contributed by atoms with Crippen molar-refractivity contribution in [1.29, 1.82) is 0 Å². The summed E-state index contributed by atoms with van der Waals surface area (Å²) in [4.78, 5) is 23.7. The molecule has 0 saturated carbocycles. The van der Waals surface area contributed by atoms with Gasteiger partial charge in [0.25, 0.3) is 5.91 Å². The third-order valence-corrected chi connectivity index (χ3v) is 3.86. The number of aromatic nitrogens is 2. The first-order valence-corrected chi connectivity index (χ1v) is 7.82. The number of hydrogen-bond acceptors (Lipinski definition) is 5. The molecule has 24 heavy (non-hydrogen) atoms. The minimum atomic E-state index is -4.53. The Bertz CT molecular complexity index is 683. The third-order valence-electron chi connectivity index (χ3n) is 3.00. The normalized spacial score (nSPS) is 11.3. The summed E-state index contributed by atoms with van der Waals surface area (Å²) in [6, 6.07) is 3.39. The van der Waals surface area contributed by atoms with Gasteiger partial charge in [-0.2, -0.15) is 18.3 Å². The van der Waals surface area contributed by atoms with Crippen molar-refractivity contribution in [3.8, 4) is 0 Å². The highest BCUT2D eigenvalue weighted by atomic mass is 32.1. The highest BCUT2D eigenvalue weighted by Gasteiger charge is 2.35. The van der Waals surface area contributed by atoms with Gasteiger partial charge in [-0.05, 0) is 11.4 Å². The first kappa shape index (κ1) is 18.0. The fourth-order valence-corrected chi connectivity index (χ4v) is 2.51. The molecule has 10 heteroatoms.